The molecule has 98 valence electrons. The summed E-state index contributed by atoms with van der Waals surface area (Å²) in [5.74, 6) is 0.883. The van der Waals surface area contributed by atoms with Crippen LogP contribution in [-0.2, 0) is 6.54 Å². The van der Waals surface area contributed by atoms with Crippen molar-refractivity contribution < 1.29 is 4.42 Å². The highest BCUT2D eigenvalue weighted by atomic mass is 16.4. The number of aromatic nitrogens is 3. The van der Waals surface area contributed by atoms with Gasteiger partial charge >= 0.3 is 0 Å². The molecule has 19 heavy (non-hydrogen) atoms. The maximum Gasteiger partial charge on any atom is 0.296 e. The smallest absolute Gasteiger partial charge is 0.296 e. The van der Waals surface area contributed by atoms with E-state index in [0.717, 1.165) is 28.3 Å². The number of aromatic amines is 1. The maximum absolute atomic E-state index is 5.62. The topological polar surface area (TPSA) is 66.7 Å². The van der Waals surface area contributed by atoms with Crippen molar-refractivity contribution in [2.45, 2.75) is 27.3 Å². The fourth-order valence-electron chi connectivity index (χ4n) is 1.98. The number of anilines is 1. The van der Waals surface area contributed by atoms with E-state index in [1.807, 2.05) is 39.0 Å². The second-order valence-corrected chi connectivity index (χ2v) is 4.74. The van der Waals surface area contributed by atoms with Crippen molar-refractivity contribution in [2.75, 3.05) is 5.32 Å². The van der Waals surface area contributed by atoms with Crippen LogP contribution in [0.25, 0.3) is 11.1 Å². The summed E-state index contributed by atoms with van der Waals surface area (Å²) >= 11 is 0. The van der Waals surface area contributed by atoms with Crippen LogP contribution in [0.3, 0.4) is 0 Å². The first-order valence-electron chi connectivity index (χ1n) is 6.25. The van der Waals surface area contributed by atoms with Crippen LogP contribution in [0.1, 0.15) is 22.8 Å². The molecule has 0 saturated heterocycles. The number of aryl methyl sites for hydroxylation is 3. The van der Waals surface area contributed by atoms with Crippen LogP contribution in [-0.4, -0.2) is 15.0 Å². The molecular formula is C14H16N4O. The minimum atomic E-state index is 0.521. The first-order valence-corrected chi connectivity index (χ1v) is 6.25. The average molecular weight is 256 g/mol. The molecular weight excluding hydrogens is 240 g/mol. The minimum absolute atomic E-state index is 0.521. The SMILES string of the molecule is Cc1ccc2oc(NCc3nc(C)c(C)[nH]3)nc2c1. The van der Waals surface area contributed by atoms with Gasteiger partial charge in [0.15, 0.2) is 5.58 Å². The van der Waals surface area contributed by atoms with Gasteiger partial charge in [-0.2, -0.15) is 4.98 Å². The summed E-state index contributed by atoms with van der Waals surface area (Å²) in [6.07, 6.45) is 0. The molecule has 0 radical (unpaired) electrons. The largest absolute Gasteiger partial charge is 0.424 e. The van der Waals surface area contributed by atoms with Crippen molar-refractivity contribution in [3.8, 4) is 0 Å². The summed E-state index contributed by atoms with van der Waals surface area (Å²) in [7, 11) is 0. The Kier molecular flexibility index (Phi) is 2.74. The van der Waals surface area contributed by atoms with Gasteiger partial charge in [0, 0.05) is 5.69 Å². The zero-order valence-electron chi connectivity index (χ0n) is 11.2. The highest BCUT2D eigenvalue weighted by Crippen LogP contribution is 2.20. The van der Waals surface area contributed by atoms with Crippen molar-refractivity contribution >= 4 is 17.1 Å². The first-order chi connectivity index (χ1) is 9.11. The van der Waals surface area contributed by atoms with Gasteiger partial charge in [-0.15, -0.1) is 0 Å². The van der Waals surface area contributed by atoms with E-state index in [1.54, 1.807) is 0 Å². The lowest BCUT2D eigenvalue weighted by Crippen LogP contribution is -2.01. The normalized spacial score (nSPS) is 11.1. The number of H-pyrrole nitrogens is 1. The van der Waals surface area contributed by atoms with Gasteiger partial charge < -0.3 is 14.7 Å². The number of nitrogens with zero attached hydrogens (tertiary/aromatic N) is 2. The van der Waals surface area contributed by atoms with Gasteiger partial charge in [0.1, 0.15) is 11.3 Å². The number of benzene rings is 1. The molecule has 2 N–H and O–H groups in total. The molecule has 1 aromatic carbocycles. The number of rotatable bonds is 3. The number of oxazole rings is 1. The third-order valence-corrected chi connectivity index (χ3v) is 3.13. The lowest BCUT2D eigenvalue weighted by atomic mass is 10.2. The highest BCUT2D eigenvalue weighted by Gasteiger charge is 2.07. The van der Waals surface area contributed by atoms with Crippen molar-refractivity contribution in [3.05, 3.63) is 41.0 Å². The lowest BCUT2D eigenvalue weighted by Gasteiger charge is -1.97. The predicted molar refractivity (Wildman–Crippen MR) is 74.1 cm³/mol. The van der Waals surface area contributed by atoms with Crippen LogP contribution < -0.4 is 5.32 Å². The van der Waals surface area contributed by atoms with Crippen molar-refractivity contribution in [1.82, 2.24) is 15.0 Å². The summed E-state index contributed by atoms with van der Waals surface area (Å²) < 4.78 is 5.62. The molecule has 2 heterocycles. The molecule has 0 spiro atoms. The predicted octanol–water partition coefficient (Wildman–Crippen LogP) is 3.09. The van der Waals surface area contributed by atoms with Crippen LogP contribution in [0.4, 0.5) is 6.01 Å². The number of hydrogen-bond donors (Lipinski definition) is 2. The van der Waals surface area contributed by atoms with E-state index in [4.69, 9.17) is 4.42 Å². The van der Waals surface area contributed by atoms with Crippen LogP contribution >= 0.6 is 0 Å². The number of fused-ring (bicyclic) bond motifs is 1. The van der Waals surface area contributed by atoms with E-state index in [9.17, 15) is 0 Å². The van der Waals surface area contributed by atoms with Crippen LogP contribution in [0.5, 0.6) is 0 Å². The molecule has 0 aliphatic heterocycles. The van der Waals surface area contributed by atoms with Crippen LogP contribution in [0.2, 0.25) is 0 Å². The third-order valence-electron chi connectivity index (χ3n) is 3.13. The van der Waals surface area contributed by atoms with E-state index in [2.05, 4.69) is 20.3 Å². The second kappa shape index (κ2) is 4.42. The Morgan fingerprint density at radius 1 is 1.21 bits per heavy atom. The van der Waals surface area contributed by atoms with Gasteiger partial charge in [-0.1, -0.05) is 6.07 Å². The second-order valence-electron chi connectivity index (χ2n) is 4.74. The Bertz CT molecular complexity index is 707. The minimum Gasteiger partial charge on any atom is -0.424 e. The van der Waals surface area contributed by atoms with E-state index in [0.29, 0.717) is 12.6 Å². The fourth-order valence-corrected chi connectivity index (χ4v) is 1.98. The molecule has 3 rings (SSSR count). The van der Waals surface area contributed by atoms with E-state index in [1.165, 1.54) is 5.56 Å². The van der Waals surface area contributed by atoms with Gasteiger partial charge in [-0.25, -0.2) is 4.98 Å². The molecule has 5 heteroatoms. The van der Waals surface area contributed by atoms with Crippen LogP contribution in [0.15, 0.2) is 22.6 Å². The molecule has 2 aromatic heterocycles. The Hall–Kier alpha value is -2.30. The number of hydrogen-bond acceptors (Lipinski definition) is 4. The summed E-state index contributed by atoms with van der Waals surface area (Å²) in [6.45, 7) is 6.60. The number of imidazole rings is 1. The van der Waals surface area contributed by atoms with Gasteiger partial charge in [0.2, 0.25) is 0 Å². The molecule has 0 bridgehead atoms. The van der Waals surface area contributed by atoms with E-state index >= 15 is 0 Å². The molecule has 5 nitrogen and oxygen atoms in total. The molecule has 0 aliphatic carbocycles. The molecule has 0 amide bonds. The third kappa shape index (κ3) is 2.31. The first kappa shape index (κ1) is 11.8. The Balaban J connectivity index is 1.78. The Morgan fingerprint density at radius 2 is 2.05 bits per heavy atom. The molecule has 0 unspecified atom stereocenters. The summed E-state index contributed by atoms with van der Waals surface area (Å²) in [5, 5.41) is 3.14. The number of nitrogens with one attached hydrogen (secondary N) is 2. The van der Waals surface area contributed by atoms with Gasteiger partial charge in [-0.3, -0.25) is 0 Å². The summed E-state index contributed by atoms with van der Waals surface area (Å²) in [6, 6.07) is 6.47. The fraction of sp³-hybridized carbons (Fsp3) is 0.286. The quantitative estimate of drug-likeness (QED) is 0.755. The monoisotopic (exact) mass is 256 g/mol. The molecule has 0 atom stereocenters. The maximum atomic E-state index is 5.62. The van der Waals surface area contributed by atoms with E-state index < -0.39 is 0 Å². The molecule has 0 fully saturated rings. The summed E-state index contributed by atoms with van der Waals surface area (Å²) in [5.41, 5.74) is 4.94. The van der Waals surface area contributed by atoms with Gasteiger partial charge in [-0.05, 0) is 38.5 Å². The molecule has 3 aromatic rings. The highest BCUT2D eigenvalue weighted by molar-refractivity contribution is 5.75. The zero-order valence-corrected chi connectivity index (χ0v) is 11.2. The van der Waals surface area contributed by atoms with Crippen molar-refractivity contribution in [1.29, 1.82) is 0 Å². The lowest BCUT2D eigenvalue weighted by molar-refractivity contribution is 0.613. The van der Waals surface area contributed by atoms with Crippen molar-refractivity contribution in [3.63, 3.8) is 0 Å². The average Bonchev–Trinajstić information content (AvgIpc) is 2.90. The Morgan fingerprint density at radius 3 is 2.79 bits per heavy atom. The zero-order chi connectivity index (χ0) is 13.4. The van der Waals surface area contributed by atoms with E-state index in [-0.39, 0.29) is 0 Å². The van der Waals surface area contributed by atoms with Gasteiger partial charge in [0.05, 0.1) is 12.2 Å². The van der Waals surface area contributed by atoms with Crippen LogP contribution in [0, 0.1) is 20.8 Å². The molecule has 0 aliphatic rings. The standard InChI is InChI=1S/C14H16N4O/c1-8-4-5-12-11(6-8)18-14(19-12)15-7-13-16-9(2)10(3)17-13/h4-6H,7H2,1-3H3,(H,15,18)(H,16,17). The Labute approximate surface area is 111 Å². The molecule has 0 saturated carbocycles. The summed E-state index contributed by atoms with van der Waals surface area (Å²) in [4.78, 5) is 12.0. The van der Waals surface area contributed by atoms with Gasteiger partial charge in [0.25, 0.3) is 6.01 Å². The van der Waals surface area contributed by atoms with Crippen molar-refractivity contribution in [2.24, 2.45) is 0 Å².